The highest BCUT2D eigenvalue weighted by atomic mass is 19.1. The Morgan fingerprint density at radius 2 is 1.85 bits per heavy atom. The number of carbonyl (C=O) groups is 1. The summed E-state index contributed by atoms with van der Waals surface area (Å²) in [4.78, 5) is 26.8. The van der Waals surface area contributed by atoms with Gasteiger partial charge in [0.1, 0.15) is 5.82 Å². The molecule has 2 aromatic carbocycles. The van der Waals surface area contributed by atoms with Crippen LogP contribution in [-0.2, 0) is 4.79 Å². The van der Waals surface area contributed by atoms with Crippen LogP contribution in [0.3, 0.4) is 0 Å². The van der Waals surface area contributed by atoms with Gasteiger partial charge in [-0.3, -0.25) is 19.8 Å². The first-order valence-corrected chi connectivity index (χ1v) is 8.74. The number of anilines is 2. The van der Waals surface area contributed by atoms with E-state index >= 15 is 0 Å². The predicted molar refractivity (Wildman–Crippen MR) is 101 cm³/mol. The monoisotopic (exact) mass is 372 g/mol. The van der Waals surface area contributed by atoms with E-state index in [4.69, 9.17) is 0 Å². The number of nitrogens with zero attached hydrogens (tertiary/aromatic N) is 3. The van der Waals surface area contributed by atoms with E-state index < -0.39 is 11.0 Å². The summed E-state index contributed by atoms with van der Waals surface area (Å²) in [5.74, 6) is -0.475. The molecule has 3 rings (SSSR count). The summed E-state index contributed by atoms with van der Waals surface area (Å²) in [6.45, 7) is 4.28. The molecule has 0 spiro atoms. The molecule has 1 fully saturated rings. The van der Waals surface area contributed by atoms with E-state index in [9.17, 15) is 19.3 Å². The zero-order valence-corrected chi connectivity index (χ0v) is 15.0. The fourth-order valence-corrected chi connectivity index (χ4v) is 3.17. The van der Waals surface area contributed by atoms with Crippen LogP contribution >= 0.6 is 0 Å². The van der Waals surface area contributed by atoms with Gasteiger partial charge in [0.15, 0.2) is 0 Å². The molecule has 27 heavy (non-hydrogen) atoms. The van der Waals surface area contributed by atoms with Gasteiger partial charge in [-0.25, -0.2) is 4.39 Å². The molecule has 8 heteroatoms. The van der Waals surface area contributed by atoms with E-state index in [1.165, 1.54) is 24.3 Å². The number of para-hydroxylation sites is 1. The first-order chi connectivity index (χ1) is 13.0. The molecule has 1 N–H and O–H groups in total. The number of benzene rings is 2. The number of nitrogens with one attached hydrogen (secondary N) is 1. The second kappa shape index (κ2) is 8.13. The second-order valence-corrected chi connectivity index (χ2v) is 6.45. The molecule has 7 nitrogen and oxygen atoms in total. The summed E-state index contributed by atoms with van der Waals surface area (Å²) in [5, 5.41) is 13.6. The Bertz CT molecular complexity index is 837. The van der Waals surface area contributed by atoms with Gasteiger partial charge in [0.25, 0.3) is 5.69 Å². The molecule has 0 aliphatic carbocycles. The fourth-order valence-electron chi connectivity index (χ4n) is 3.17. The third kappa shape index (κ3) is 4.40. The summed E-state index contributed by atoms with van der Waals surface area (Å²) >= 11 is 0. The van der Waals surface area contributed by atoms with Crippen LogP contribution in [0.25, 0.3) is 0 Å². The van der Waals surface area contributed by atoms with Crippen LogP contribution < -0.4 is 10.2 Å². The fraction of sp³-hybridized carbons (Fsp3) is 0.316. The lowest BCUT2D eigenvalue weighted by Gasteiger charge is -2.38. The first-order valence-electron chi connectivity index (χ1n) is 8.74. The number of carbonyl (C=O) groups excluding carboxylic acids is 1. The molecular weight excluding hydrogens is 351 g/mol. The van der Waals surface area contributed by atoms with Gasteiger partial charge in [-0.2, -0.15) is 0 Å². The van der Waals surface area contributed by atoms with Crippen molar-refractivity contribution in [3.05, 3.63) is 64.5 Å². The smallest absolute Gasteiger partial charge is 0.271 e. The Hall–Kier alpha value is -3.00. The number of non-ortho nitro benzene ring substituents is 1. The van der Waals surface area contributed by atoms with Crippen molar-refractivity contribution in [1.29, 1.82) is 0 Å². The number of nitro benzene ring substituents is 1. The molecule has 1 atom stereocenters. The van der Waals surface area contributed by atoms with Crippen molar-refractivity contribution >= 4 is 23.0 Å². The first kappa shape index (κ1) is 18.8. The summed E-state index contributed by atoms with van der Waals surface area (Å²) in [6.07, 6.45) is 0. The summed E-state index contributed by atoms with van der Waals surface area (Å²) < 4.78 is 13.9. The van der Waals surface area contributed by atoms with Gasteiger partial charge in [0.05, 0.1) is 16.7 Å². The molecule has 1 amide bonds. The maximum Gasteiger partial charge on any atom is 0.271 e. The Kier molecular flexibility index (Phi) is 5.66. The average Bonchev–Trinajstić information content (AvgIpc) is 2.68. The minimum Gasteiger partial charge on any atom is -0.367 e. The third-order valence-corrected chi connectivity index (χ3v) is 4.76. The standard InChI is InChI=1S/C19H21FN4O3/c1-14(19(25)21-15-5-4-6-16(13-15)24(26)27)22-9-11-23(12-10-22)18-8-3-2-7-17(18)20/h2-8,13-14H,9-12H2,1H3,(H,21,25). The Morgan fingerprint density at radius 1 is 1.15 bits per heavy atom. The molecule has 142 valence electrons. The van der Waals surface area contributed by atoms with Gasteiger partial charge in [-0.1, -0.05) is 18.2 Å². The summed E-state index contributed by atoms with van der Waals surface area (Å²) in [7, 11) is 0. The van der Waals surface area contributed by atoms with Gasteiger partial charge < -0.3 is 10.2 Å². The average molecular weight is 372 g/mol. The maximum absolute atomic E-state index is 13.9. The van der Waals surface area contributed by atoms with Crippen molar-refractivity contribution in [3.8, 4) is 0 Å². The molecule has 1 heterocycles. The highest BCUT2D eigenvalue weighted by molar-refractivity contribution is 5.94. The van der Waals surface area contributed by atoms with Crippen LogP contribution in [0.4, 0.5) is 21.5 Å². The van der Waals surface area contributed by atoms with Gasteiger partial charge >= 0.3 is 0 Å². The van der Waals surface area contributed by atoms with Crippen LogP contribution in [0.1, 0.15) is 6.92 Å². The Morgan fingerprint density at radius 3 is 2.52 bits per heavy atom. The van der Waals surface area contributed by atoms with E-state index in [-0.39, 0.29) is 17.4 Å². The van der Waals surface area contributed by atoms with Crippen molar-refractivity contribution in [2.45, 2.75) is 13.0 Å². The molecule has 0 radical (unpaired) electrons. The van der Waals surface area contributed by atoms with Crippen LogP contribution in [0, 0.1) is 15.9 Å². The quantitative estimate of drug-likeness (QED) is 0.645. The SMILES string of the molecule is CC(C(=O)Nc1cccc([N+](=O)[O-])c1)N1CCN(c2ccccc2F)CC1. The summed E-state index contributed by atoms with van der Waals surface area (Å²) in [5.41, 5.74) is 0.899. The van der Waals surface area contributed by atoms with Crippen molar-refractivity contribution in [3.63, 3.8) is 0 Å². The number of nitro groups is 1. The number of rotatable bonds is 5. The second-order valence-electron chi connectivity index (χ2n) is 6.45. The van der Waals surface area contributed by atoms with E-state index in [1.807, 2.05) is 9.80 Å². The molecule has 0 aromatic heterocycles. The lowest BCUT2D eigenvalue weighted by Crippen LogP contribution is -2.53. The highest BCUT2D eigenvalue weighted by Gasteiger charge is 2.26. The number of piperazine rings is 1. The van der Waals surface area contributed by atoms with Crippen LogP contribution in [0.5, 0.6) is 0 Å². The van der Waals surface area contributed by atoms with Gasteiger partial charge in [-0.05, 0) is 25.1 Å². The van der Waals surface area contributed by atoms with Gasteiger partial charge in [0, 0.05) is 44.0 Å². The molecule has 1 saturated heterocycles. The predicted octanol–water partition coefficient (Wildman–Crippen LogP) is 2.88. The third-order valence-electron chi connectivity index (χ3n) is 4.76. The van der Waals surface area contributed by atoms with Crippen molar-refractivity contribution in [2.75, 3.05) is 36.4 Å². The number of amides is 1. The van der Waals surface area contributed by atoms with Gasteiger partial charge in [-0.15, -0.1) is 0 Å². The van der Waals surface area contributed by atoms with Gasteiger partial charge in [0.2, 0.25) is 5.91 Å². The van der Waals surface area contributed by atoms with Crippen molar-refractivity contribution in [2.24, 2.45) is 0 Å². The minimum atomic E-state index is -0.499. The number of halogens is 1. The molecule has 0 saturated carbocycles. The number of hydrogen-bond donors (Lipinski definition) is 1. The van der Waals surface area contributed by atoms with Crippen LogP contribution in [0.2, 0.25) is 0 Å². The van der Waals surface area contributed by atoms with E-state index in [1.54, 1.807) is 31.2 Å². The minimum absolute atomic E-state index is 0.0704. The zero-order chi connectivity index (χ0) is 19.4. The molecule has 1 aliphatic rings. The topological polar surface area (TPSA) is 78.7 Å². The zero-order valence-electron chi connectivity index (χ0n) is 15.0. The van der Waals surface area contributed by atoms with E-state index in [2.05, 4.69) is 5.32 Å². The van der Waals surface area contributed by atoms with Crippen LogP contribution in [-0.4, -0.2) is 48.0 Å². The highest BCUT2D eigenvalue weighted by Crippen LogP contribution is 2.21. The van der Waals surface area contributed by atoms with Crippen LogP contribution in [0.15, 0.2) is 48.5 Å². The lowest BCUT2D eigenvalue weighted by molar-refractivity contribution is -0.384. The van der Waals surface area contributed by atoms with Crippen molar-refractivity contribution in [1.82, 2.24) is 4.90 Å². The molecule has 2 aromatic rings. The lowest BCUT2D eigenvalue weighted by atomic mass is 10.2. The Balaban J connectivity index is 1.58. The molecular formula is C19H21FN4O3. The molecule has 0 bridgehead atoms. The van der Waals surface area contributed by atoms with E-state index in [0.717, 1.165) is 0 Å². The van der Waals surface area contributed by atoms with E-state index in [0.29, 0.717) is 37.6 Å². The molecule has 1 unspecified atom stereocenters. The number of hydrogen-bond acceptors (Lipinski definition) is 5. The normalized spacial score (nSPS) is 16.0. The van der Waals surface area contributed by atoms with Crippen molar-refractivity contribution < 1.29 is 14.1 Å². The maximum atomic E-state index is 13.9. The molecule has 1 aliphatic heterocycles. The Labute approximate surface area is 156 Å². The largest absolute Gasteiger partial charge is 0.367 e. The summed E-state index contributed by atoms with van der Waals surface area (Å²) in [6, 6.07) is 12.1.